The van der Waals surface area contributed by atoms with Gasteiger partial charge in [-0.3, -0.25) is 14.5 Å². The molecule has 122 valence electrons. The first kappa shape index (κ1) is 14.8. The third-order valence-corrected chi connectivity index (χ3v) is 5.29. The van der Waals surface area contributed by atoms with E-state index in [2.05, 4.69) is 0 Å². The first-order valence-electron chi connectivity index (χ1n) is 7.62. The van der Waals surface area contributed by atoms with Crippen molar-refractivity contribution >= 4 is 11.8 Å². The monoisotopic (exact) mass is 319 g/mol. The lowest BCUT2D eigenvalue weighted by Crippen LogP contribution is -2.54. The van der Waals surface area contributed by atoms with Gasteiger partial charge in [0.1, 0.15) is 18.3 Å². The van der Waals surface area contributed by atoms with Crippen LogP contribution in [0.15, 0.2) is 24.3 Å². The van der Waals surface area contributed by atoms with E-state index in [4.69, 9.17) is 0 Å². The van der Waals surface area contributed by atoms with E-state index in [-0.39, 0.29) is 23.0 Å². The number of fused-ring (bicyclic) bond motifs is 2. The second kappa shape index (κ2) is 4.85. The molecule has 2 fully saturated rings. The molecule has 2 amide bonds. The van der Waals surface area contributed by atoms with Crippen molar-refractivity contribution < 1.29 is 30.0 Å². The Morgan fingerprint density at radius 3 is 1.87 bits per heavy atom. The third kappa shape index (κ3) is 1.91. The van der Waals surface area contributed by atoms with Gasteiger partial charge in [-0.05, 0) is 30.4 Å². The second-order valence-corrected chi connectivity index (χ2v) is 6.54. The number of nitrogens with zero attached hydrogens (tertiary/aromatic N) is 1. The molecule has 0 spiro atoms. The average Bonchev–Trinajstić information content (AvgIpc) is 3.31. The van der Waals surface area contributed by atoms with E-state index < -0.39 is 42.3 Å². The Balaban J connectivity index is 1.74. The van der Waals surface area contributed by atoms with Gasteiger partial charge in [-0.2, -0.15) is 0 Å². The zero-order valence-corrected chi connectivity index (χ0v) is 12.1. The summed E-state index contributed by atoms with van der Waals surface area (Å²) >= 11 is 0. The topological polar surface area (TPSA) is 118 Å². The summed E-state index contributed by atoms with van der Waals surface area (Å²) in [5, 5.41) is 40.4. The van der Waals surface area contributed by atoms with E-state index in [1.807, 2.05) is 0 Å². The van der Waals surface area contributed by atoms with E-state index in [0.29, 0.717) is 6.42 Å². The van der Waals surface area contributed by atoms with Gasteiger partial charge in [0.25, 0.3) is 11.8 Å². The van der Waals surface area contributed by atoms with Crippen LogP contribution in [0.2, 0.25) is 0 Å². The number of hydrogen-bond acceptors (Lipinski definition) is 6. The lowest BCUT2D eigenvalue weighted by Gasteiger charge is -2.33. The molecular formula is C16H17NO6. The van der Waals surface area contributed by atoms with Gasteiger partial charge in [0.05, 0.1) is 23.3 Å². The fourth-order valence-corrected chi connectivity index (χ4v) is 3.96. The molecule has 0 saturated heterocycles. The highest BCUT2D eigenvalue weighted by atomic mass is 16.4. The molecule has 7 atom stereocenters. The smallest absolute Gasteiger partial charge is 0.261 e. The Morgan fingerprint density at radius 2 is 1.30 bits per heavy atom. The van der Waals surface area contributed by atoms with Crippen molar-refractivity contribution in [1.82, 2.24) is 4.90 Å². The van der Waals surface area contributed by atoms with Gasteiger partial charge < -0.3 is 20.4 Å². The minimum Gasteiger partial charge on any atom is -0.390 e. The maximum absolute atomic E-state index is 12.6. The largest absolute Gasteiger partial charge is 0.390 e. The van der Waals surface area contributed by atoms with Crippen LogP contribution in [0.25, 0.3) is 0 Å². The molecule has 23 heavy (non-hydrogen) atoms. The molecule has 7 heteroatoms. The molecule has 1 heterocycles. The van der Waals surface area contributed by atoms with Crippen molar-refractivity contribution in [2.24, 2.45) is 11.8 Å². The first-order chi connectivity index (χ1) is 10.9. The number of amides is 2. The maximum Gasteiger partial charge on any atom is 0.261 e. The molecule has 1 aromatic carbocycles. The van der Waals surface area contributed by atoms with Crippen LogP contribution in [0.5, 0.6) is 0 Å². The molecule has 0 aromatic heterocycles. The molecule has 0 unspecified atom stereocenters. The molecule has 1 aromatic rings. The van der Waals surface area contributed by atoms with Gasteiger partial charge in [-0.25, -0.2) is 0 Å². The van der Waals surface area contributed by atoms with Crippen molar-refractivity contribution in [2.45, 2.75) is 36.9 Å². The Bertz CT molecular complexity index is 656. The summed E-state index contributed by atoms with van der Waals surface area (Å²) in [7, 11) is 0. The van der Waals surface area contributed by atoms with E-state index in [9.17, 15) is 30.0 Å². The molecule has 2 saturated carbocycles. The summed E-state index contributed by atoms with van der Waals surface area (Å²) in [5.74, 6) is -1.70. The predicted octanol–water partition coefficient (Wildman–Crippen LogP) is -1.26. The number of aliphatic hydroxyl groups excluding tert-OH is 4. The van der Waals surface area contributed by atoms with Crippen LogP contribution < -0.4 is 0 Å². The zero-order chi connectivity index (χ0) is 16.5. The van der Waals surface area contributed by atoms with Crippen molar-refractivity contribution in [2.75, 3.05) is 0 Å². The van der Waals surface area contributed by atoms with Crippen LogP contribution in [0.4, 0.5) is 0 Å². The van der Waals surface area contributed by atoms with Crippen LogP contribution in [-0.4, -0.2) is 67.6 Å². The summed E-state index contributed by atoms with van der Waals surface area (Å²) in [6, 6.07) is 5.44. The van der Waals surface area contributed by atoms with E-state index in [1.165, 1.54) is 0 Å². The van der Waals surface area contributed by atoms with Crippen LogP contribution in [-0.2, 0) is 0 Å². The van der Waals surface area contributed by atoms with Gasteiger partial charge in [0.2, 0.25) is 0 Å². The molecule has 0 radical (unpaired) electrons. The van der Waals surface area contributed by atoms with Crippen molar-refractivity contribution in [1.29, 1.82) is 0 Å². The number of imide groups is 1. The summed E-state index contributed by atoms with van der Waals surface area (Å²) in [6.07, 6.45) is -5.31. The lowest BCUT2D eigenvalue weighted by molar-refractivity contribution is -0.111. The van der Waals surface area contributed by atoms with E-state index in [1.54, 1.807) is 24.3 Å². The highest BCUT2D eigenvalue weighted by molar-refractivity contribution is 6.21. The first-order valence-corrected chi connectivity index (χ1v) is 7.62. The SMILES string of the molecule is O=C1c2ccccc2C(=O)N1[C@H]1[C@H](O)[C@@H](O)[C@@H](O)[C@@H](O)[C@H]2C[C@H]21. The number of rotatable bonds is 1. The quantitative estimate of drug-likeness (QED) is 0.480. The molecule has 2 aliphatic carbocycles. The number of carbonyl (C=O) groups is 2. The summed E-state index contributed by atoms with van der Waals surface area (Å²) in [5.41, 5.74) is 0.531. The fraction of sp³-hybridized carbons (Fsp3) is 0.500. The minimum atomic E-state index is -1.62. The van der Waals surface area contributed by atoms with Crippen molar-refractivity contribution in [3.8, 4) is 0 Å². The molecule has 0 bridgehead atoms. The summed E-state index contributed by atoms with van der Waals surface area (Å²) in [4.78, 5) is 26.2. The summed E-state index contributed by atoms with van der Waals surface area (Å²) < 4.78 is 0. The van der Waals surface area contributed by atoms with Crippen LogP contribution in [0, 0.1) is 11.8 Å². The minimum absolute atomic E-state index is 0.265. The van der Waals surface area contributed by atoms with E-state index in [0.717, 1.165) is 4.90 Å². The maximum atomic E-state index is 12.6. The van der Waals surface area contributed by atoms with Crippen molar-refractivity contribution in [3.05, 3.63) is 35.4 Å². The van der Waals surface area contributed by atoms with Crippen LogP contribution in [0.1, 0.15) is 27.1 Å². The van der Waals surface area contributed by atoms with Gasteiger partial charge in [-0.15, -0.1) is 0 Å². The Kier molecular flexibility index (Phi) is 3.11. The van der Waals surface area contributed by atoms with Crippen molar-refractivity contribution in [3.63, 3.8) is 0 Å². The molecule has 3 aliphatic rings. The lowest BCUT2D eigenvalue weighted by atomic mass is 9.98. The molecule has 4 rings (SSSR count). The third-order valence-electron chi connectivity index (χ3n) is 5.29. The molecular weight excluding hydrogens is 302 g/mol. The number of benzene rings is 1. The predicted molar refractivity (Wildman–Crippen MR) is 76.4 cm³/mol. The Hall–Kier alpha value is -1.80. The van der Waals surface area contributed by atoms with Crippen LogP contribution in [0.3, 0.4) is 0 Å². The number of hydrogen-bond donors (Lipinski definition) is 4. The van der Waals surface area contributed by atoms with Gasteiger partial charge in [0, 0.05) is 0 Å². The van der Waals surface area contributed by atoms with Gasteiger partial charge in [-0.1, -0.05) is 12.1 Å². The highest BCUT2D eigenvalue weighted by Gasteiger charge is 2.61. The number of carbonyl (C=O) groups excluding carboxylic acids is 2. The summed E-state index contributed by atoms with van der Waals surface area (Å²) in [6.45, 7) is 0. The van der Waals surface area contributed by atoms with Crippen LogP contribution >= 0.6 is 0 Å². The highest BCUT2D eigenvalue weighted by Crippen LogP contribution is 2.51. The normalized spacial score (nSPS) is 42.3. The zero-order valence-electron chi connectivity index (χ0n) is 12.1. The number of aliphatic hydroxyl groups is 4. The second-order valence-electron chi connectivity index (χ2n) is 6.54. The fourth-order valence-electron chi connectivity index (χ4n) is 3.96. The Labute approximate surface area is 131 Å². The average molecular weight is 319 g/mol. The molecule has 4 N–H and O–H groups in total. The van der Waals surface area contributed by atoms with Gasteiger partial charge >= 0.3 is 0 Å². The molecule has 1 aliphatic heterocycles. The van der Waals surface area contributed by atoms with E-state index >= 15 is 0 Å². The Morgan fingerprint density at radius 1 is 0.783 bits per heavy atom. The molecule has 7 nitrogen and oxygen atoms in total. The standard InChI is InChI=1S/C16H17NO6/c18-11-9-5-8(9)10(12(19)14(21)13(11)20)17-15(22)6-3-1-2-4-7(6)16(17)23/h1-4,8-14,18-21H,5H2/t8-,9+,10-,11+,12+,13+,14-/m1/s1. The van der Waals surface area contributed by atoms with Gasteiger partial charge in [0.15, 0.2) is 0 Å².